The van der Waals surface area contributed by atoms with Gasteiger partial charge in [-0.05, 0) is 44.0 Å². The quantitative estimate of drug-likeness (QED) is 0.864. The Morgan fingerprint density at radius 2 is 2.25 bits per heavy atom. The van der Waals surface area contributed by atoms with Gasteiger partial charge < -0.3 is 10.1 Å². The summed E-state index contributed by atoms with van der Waals surface area (Å²) < 4.78 is 5.11. The smallest absolute Gasteiger partial charge is 0.212 e. The van der Waals surface area contributed by atoms with Crippen molar-refractivity contribution in [2.24, 2.45) is 11.8 Å². The van der Waals surface area contributed by atoms with Crippen molar-refractivity contribution in [3.05, 3.63) is 23.9 Å². The van der Waals surface area contributed by atoms with Crippen molar-refractivity contribution in [3.8, 4) is 5.88 Å². The minimum absolute atomic E-state index is 0.627. The first-order valence-corrected chi connectivity index (χ1v) is 7.55. The Kier molecular flexibility index (Phi) is 5.38. The summed E-state index contributed by atoms with van der Waals surface area (Å²) in [6.45, 7) is 7.89. The van der Waals surface area contributed by atoms with Gasteiger partial charge >= 0.3 is 0 Å². The Bertz CT molecular complexity index is 407. The normalized spacial score (nSPS) is 24.1. The Morgan fingerprint density at radius 3 is 2.75 bits per heavy atom. The van der Waals surface area contributed by atoms with Gasteiger partial charge in [-0.1, -0.05) is 19.9 Å². The zero-order valence-corrected chi connectivity index (χ0v) is 13.1. The fourth-order valence-electron chi connectivity index (χ4n) is 3.32. The highest BCUT2D eigenvalue weighted by Gasteiger charge is 2.31. The third-order valence-electron chi connectivity index (χ3n) is 4.49. The lowest BCUT2D eigenvalue weighted by atomic mass is 9.88. The Morgan fingerprint density at radius 1 is 1.45 bits per heavy atom. The maximum absolute atomic E-state index is 5.11. The molecule has 0 spiro atoms. The fraction of sp³-hybridized carbons (Fsp3) is 0.688. The average Bonchev–Trinajstić information content (AvgIpc) is 2.87. The second-order valence-corrected chi connectivity index (χ2v) is 5.90. The molecule has 0 aliphatic carbocycles. The number of hydrogen-bond acceptors (Lipinski definition) is 4. The molecule has 1 aromatic rings. The second kappa shape index (κ2) is 7.04. The Hall–Kier alpha value is -1.13. The SMILES string of the molecule is CCC([C@H]1CNC[C@H]1C)N(C)Cc1ccc(OC)nc1. The molecule has 1 aliphatic heterocycles. The van der Waals surface area contributed by atoms with E-state index in [0.29, 0.717) is 11.9 Å². The van der Waals surface area contributed by atoms with Crippen LogP contribution in [-0.2, 0) is 6.54 Å². The van der Waals surface area contributed by atoms with Gasteiger partial charge in [0.25, 0.3) is 0 Å². The fourth-order valence-corrected chi connectivity index (χ4v) is 3.32. The molecule has 4 heteroatoms. The summed E-state index contributed by atoms with van der Waals surface area (Å²) in [5.41, 5.74) is 1.24. The zero-order valence-electron chi connectivity index (χ0n) is 13.1. The van der Waals surface area contributed by atoms with Gasteiger partial charge in [0, 0.05) is 24.8 Å². The maximum atomic E-state index is 5.11. The number of nitrogens with zero attached hydrogens (tertiary/aromatic N) is 2. The summed E-state index contributed by atoms with van der Waals surface area (Å²) in [4.78, 5) is 6.76. The Labute approximate surface area is 122 Å². The number of pyridine rings is 1. The van der Waals surface area contributed by atoms with Crippen molar-refractivity contribution < 1.29 is 4.74 Å². The molecule has 112 valence electrons. The molecule has 20 heavy (non-hydrogen) atoms. The van der Waals surface area contributed by atoms with Crippen molar-refractivity contribution >= 4 is 0 Å². The predicted molar refractivity (Wildman–Crippen MR) is 81.9 cm³/mol. The molecular formula is C16H27N3O. The zero-order chi connectivity index (χ0) is 14.5. The molecule has 1 aliphatic rings. The standard InChI is InChI=1S/C16H27N3O/c1-5-15(14-10-17-8-12(14)2)19(3)11-13-6-7-16(20-4)18-9-13/h6-7,9,12,14-15,17H,5,8,10-11H2,1-4H3/t12-,14+,15?/m1/s1. The molecule has 0 saturated carbocycles. The first kappa shape index (κ1) is 15.3. The van der Waals surface area contributed by atoms with E-state index in [1.807, 2.05) is 12.3 Å². The highest BCUT2D eigenvalue weighted by molar-refractivity contribution is 5.17. The van der Waals surface area contributed by atoms with Crippen molar-refractivity contribution in [1.29, 1.82) is 0 Å². The van der Waals surface area contributed by atoms with Crippen molar-refractivity contribution in [2.45, 2.75) is 32.9 Å². The molecule has 4 nitrogen and oxygen atoms in total. The molecule has 1 saturated heterocycles. The van der Waals surface area contributed by atoms with Gasteiger partial charge in [0.05, 0.1) is 7.11 Å². The summed E-state index contributed by atoms with van der Waals surface area (Å²) in [5, 5.41) is 3.52. The highest BCUT2D eigenvalue weighted by atomic mass is 16.5. The molecule has 1 aromatic heterocycles. The van der Waals surface area contributed by atoms with Crippen LogP contribution in [0.15, 0.2) is 18.3 Å². The molecule has 0 bridgehead atoms. The van der Waals surface area contributed by atoms with E-state index in [1.165, 1.54) is 12.0 Å². The summed E-state index contributed by atoms with van der Waals surface area (Å²) in [6, 6.07) is 4.66. The largest absolute Gasteiger partial charge is 0.481 e. The van der Waals surface area contributed by atoms with E-state index < -0.39 is 0 Å². The number of methoxy groups -OCH3 is 1. The van der Waals surface area contributed by atoms with Crippen molar-refractivity contribution in [1.82, 2.24) is 15.2 Å². The van der Waals surface area contributed by atoms with Crippen LogP contribution >= 0.6 is 0 Å². The van der Waals surface area contributed by atoms with E-state index in [4.69, 9.17) is 4.74 Å². The van der Waals surface area contributed by atoms with Crippen LogP contribution in [0.5, 0.6) is 5.88 Å². The minimum atomic E-state index is 0.627. The summed E-state index contributed by atoms with van der Waals surface area (Å²) in [7, 11) is 3.87. The topological polar surface area (TPSA) is 37.4 Å². The lowest BCUT2D eigenvalue weighted by Crippen LogP contribution is -2.40. The summed E-state index contributed by atoms with van der Waals surface area (Å²) in [5.74, 6) is 2.18. The van der Waals surface area contributed by atoms with Gasteiger partial charge in [-0.2, -0.15) is 0 Å². The molecule has 2 rings (SSSR count). The van der Waals surface area contributed by atoms with E-state index in [9.17, 15) is 0 Å². The first-order chi connectivity index (χ1) is 9.65. The molecule has 0 aromatic carbocycles. The van der Waals surface area contributed by atoms with Crippen LogP contribution in [0.2, 0.25) is 0 Å². The average molecular weight is 277 g/mol. The number of nitrogens with one attached hydrogen (secondary N) is 1. The van der Waals surface area contributed by atoms with Crippen LogP contribution in [0.4, 0.5) is 0 Å². The first-order valence-electron chi connectivity index (χ1n) is 7.55. The predicted octanol–water partition coefficient (Wildman–Crippen LogP) is 2.16. The van der Waals surface area contributed by atoms with Gasteiger partial charge in [-0.15, -0.1) is 0 Å². The van der Waals surface area contributed by atoms with Crippen LogP contribution in [0.1, 0.15) is 25.8 Å². The molecule has 0 amide bonds. The molecule has 1 N–H and O–H groups in total. The second-order valence-electron chi connectivity index (χ2n) is 5.90. The third kappa shape index (κ3) is 3.49. The van der Waals surface area contributed by atoms with E-state index in [0.717, 1.165) is 31.5 Å². The van der Waals surface area contributed by atoms with Gasteiger partial charge in [0.2, 0.25) is 5.88 Å². The van der Waals surface area contributed by atoms with E-state index in [-0.39, 0.29) is 0 Å². The number of ether oxygens (including phenoxy) is 1. The highest BCUT2D eigenvalue weighted by Crippen LogP contribution is 2.26. The van der Waals surface area contributed by atoms with E-state index >= 15 is 0 Å². The van der Waals surface area contributed by atoms with Gasteiger partial charge in [-0.25, -0.2) is 4.98 Å². The summed E-state index contributed by atoms with van der Waals surface area (Å²) >= 11 is 0. The van der Waals surface area contributed by atoms with Crippen molar-refractivity contribution in [2.75, 3.05) is 27.2 Å². The molecule has 2 heterocycles. The number of hydrogen-bond donors (Lipinski definition) is 1. The third-order valence-corrected chi connectivity index (χ3v) is 4.49. The lowest BCUT2D eigenvalue weighted by molar-refractivity contribution is 0.149. The van der Waals surface area contributed by atoms with Crippen LogP contribution < -0.4 is 10.1 Å². The van der Waals surface area contributed by atoms with E-state index in [1.54, 1.807) is 7.11 Å². The maximum Gasteiger partial charge on any atom is 0.212 e. The summed E-state index contributed by atoms with van der Waals surface area (Å²) in [6.07, 6.45) is 3.11. The molecule has 3 atom stereocenters. The lowest BCUT2D eigenvalue weighted by Gasteiger charge is -2.33. The van der Waals surface area contributed by atoms with Gasteiger partial charge in [-0.3, -0.25) is 4.90 Å². The van der Waals surface area contributed by atoms with Gasteiger partial charge in [0.1, 0.15) is 0 Å². The number of aromatic nitrogens is 1. The Balaban J connectivity index is 1.99. The molecule has 1 unspecified atom stereocenters. The number of rotatable bonds is 6. The van der Waals surface area contributed by atoms with Crippen LogP contribution in [0.25, 0.3) is 0 Å². The minimum Gasteiger partial charge on any atom is -0.481 e. The van der Waals surface area contributed by atoms with Gasteiger partial charge in [0.15, 0.2) is 0 Å². The molecular weight excluding hydrogens is 250 g/mol. The van der Waals surface area contributed by atoms with E-state index in [2.05, 4.69) is 42.2 Å². The molecule has 0 radical (unpaired) electrons. The van der Waals surface area contributed by atoms with Crippen LogP contribution in [0, 0.1) is 11.8 Å². The molecule has 1 fully saturated rings. The van der Waals surface area contributed by atoms with Crippen molar-refractivity contribution in [3.63, 3.8) is 0 Å². The van der Waals surface area contributed by atoms with Crippen LogP contribution in [0.3, 0.4) is 0 Å². The van der Waals surface area contributed by atoms with Crippen LogP contribution in [-0.4, -0.2) is 43.2 Å². The monoisotopic (exact) mass is 277 g/mol.